The summed E-state index contributed by atoms with van der Waals surface area (Å²) in [6.45, 7) is 0.705. The van der Waals surface area contributed by atoms with Crippen LogP contribution in [0.4, 0.5) is 4.79 Å². The summed E-state index contributed by atoms with van der Waals surface area (Å²) in [4.78, 5) is 14.8. The zero-order valence-corrected chi connectivity index (χ0v) is 12.7. The van der Waals surface area contributed by atoms with E-state index in [4.69, 9.17) is 4.74 Å². The molecule has 0 atom stereocenters. The van der Waals surface area contributed by atoms with Crippen molar-refractivity contribution in [2.75, 3.05) is 6.54 Å². The smallest absolute Gasteiger partial charge is 0.407 e. The Balaban J connectivity index is 1.44. The molecule has 3 aromatic rings. The maximum absolute atomic E-state index is 11.6. The largest absolute Gasteiger partial charge is 0.445 e. The van der Waals surface area contributed by atoms with E-state index < -0.39 is 6.09 Å². The second-order valence-corrected chi connectivity index (χ2v) is 5.17. The van der Waals surface area contributed by atoms with Gasteiger partial charge in [0, 0.05) is 18.3 Å². The summed E-state index contributed by atoms with van der Waals surface area (Å²) in [6.07, 6.45) is 5.37. The van der Waals surface area contributed by atoms with E-state index in [2.05, 4.69) is 22.4 Å². The van der Waals surface area contributed by atoms with Gasteiger partial charge in [-0.25, -0.2) is 4.79 Å². The van der Waals surface area contributed by atoms with Crippen molar-refractivity contribution in [2.45, 2.75) is 6.61 Å². The van der Waals surface area contributed by atoms with Crippen LogP contribution in [-0.4, -0.2) is 17.6 Å². The Morgan fingerprint density at radius 1 is 1.13 bits per heavy atom. The lowest BCUT2D eigenvalue weighted by Crippen LogP contribution is -2.24. The van der Waals surface area contributed by atoms with Crippen LogP contribution in [0.3, 0.4) is 0 Å². The van der Waals surface area contributed by atoms with E-state index in [1.807, 2.05) is 60.8 Å². The van der Waals surface area contributed by atoms with E-state index in [1.165, 1.54) is 5.39 Å². The maximum Gasteiger partial charge on any atom is 0.407 e. The Morgan fingerprint density at radius 2 is 2.00 bits per heavy atom. The van der Waals surface area contributed by atoms with Crippen LogP contribution in [0.5, 0.6) is 0 Å². The average Bonchev–Trinajstić information content (AvgIpc) is 3.05. The number of aromatic nitrogens is 1. The number of hydrogen-bond acceptors (Lipinski definition) is 2. The minimum absolute atomic E-state index is 0.278. The molecule has 0 bridgehead atoms. The monoisotopic (exact) mass is 306 g/mol. The molecule has 0 aliphatic heterocycles. The molecule has 1 amide bonds. The predicted octanol–water partition coefficient (Wildman–Crippen LogP) is 4.11. The van der Waals surface area contributed by atoms with Crippen molar-refractivity contribution in [3.8, 4) is 0 Å². The maximum atomic E-state index is 11.6. The quantitative estimate of drug-likeness (QED) is 0.745. The first-order chi connectivity index (χ1) is 11.3. The fourth-order valence-electron chi connectivity index (χ4n) is 2.28. The number of fused-ring (bicyclic) bond motifs is 1. The van der Waals surface area contributed by atoms with Crippen molar-refractivity contribution < 1.29 is 9.53 Å². The molecule has 0 fully saturated rings. The zero-order valence-electron chi connectivity index (χ0n) is 12.7. The minimum Gasteiger partial charge on any atom is -0.445 e. The van der Waals surface area contributed by atoms with Crippen LogP contribution in [0.2, 0.25) is 0 Å². The van der Waals surface area contributed by atoms with E-state index in [-0.39, 0.29) is 6.61 Å². The van der Waals surface area contributed by atoms with Crippen LogP contribution in [0.15, 0.2) is 66.9 Å². The number of hydrogen-bond donors (Lipinski definition) is 2. The number of carbonyl (C=O) groups excluding carboxylic acids is 1. The Kier molecular flexibility index (Phi) is 4.74. The van der Waals surface area contributed by atoms with Gasteiger partial charge in [-0.15, -0.1) is 0 Å². The Labute approximate surface area is 134 Å². The highest BCUT2D eigenvalue weighted by Crippen LogP contribution is 2.14. The molecule has 23 heavy (non-hydrogen) atoms. The molecule has 0 aliphatic carbocycles. The molecular weight excluding hydrogens is 288 g/mol. The first-order valence-corrected chi connectivity index (χ1v) is 7.49. The van der Waals surface area contributed by atoms with Crippen LogP contribution in [0.25, 0.3) is 17.0 Å². The van der Waals surface area contributed by atoms with Gasteiger partial charge in [0.1, 0.15) is 6.61 Å². The lowest BCUT2D eigenvalue weighted by atomic mass is 10.1. The first kappa shape index (κ1) is 14.9. The number of rotatable bonds is 5. The fourth-order valence-corrected chi connectivity index (χ4v) is 2.28. The number of benzene rings is 2. The van der Waals surface area contributed by atoms with E-state index in [9.17, 15) is 4.79 Å². The second-order valence-electron chi connectivity index (χ2n) is 5.17. The van der Waals surface area contributed by atoms with E-state index in [1.54, 1.807) is 0 Å². The summed E-state index contributed by atoms with van der Waals surface area (Å²) in [6, 6.07) is 17.8. The topological polar surface area (TPSA) is 54.1 Å². The highest BCUT2D eigenvalue weighted by atomic mass is 16.5. The molecule has 3 rings (SSSR count). The average molecular weight is 306 g/mol. The third-order valence-corrected chi connectivity index (χ3v) is 3.47. The molecule has 0 radical (unpaired) electrons. The van der Waals surface area contributed by atoms with Gasteiger partial charge < -0.3 is 15.0 Å². The van der Waals surface area contributed by atoms with Gasteiger partial charge >= 0.3 is 6.09 Å². The molecule has 0 aliphatic rings. The number of carbonyl (C=O) groups is 1. The summed E-state index contributed by atoms with van der Waals surface area (Å²) in [7, 11) is 0. The summed E-state index contributed by atoms with van der Waals surface area (Å²) in [5.41, 5.74) is 3.15. The minimum atomic E-state index is -0.418. The van der Waals surface area contributed by atoms with E-state index in [0.29, 0.717) is 6.54 Å². The molecular formula is C19H18N2O2. The lowest BCUT2D eigenvalue weighted by molar-refractivity contribution is 0.141. The number of amides is 1. The van der Waals surface area contributed by atoms with Crippen molar-refractivity contribution in [3.63, 3.8) is 0 Å². The Bertz CT molecular complexity index is 806. The van der Waals surface area contributed by atoms with Crippen LogP contribution >= 0.6 is 0 Å². The van der Waals surface area contributed by atoms with Crippen molar-refractivity contribution in [1.29, 1.82) is 0 Å². The molecule has 0 saturated carbocycles. The molecule has 4 heteroatoms. The standard InChI is InChI=1S/C19H18N2O2/c22-19(23-14-16-5-2-1-3-6-16)21-11-4-7-15-8-9-17-10-12-20-18(17)13-15/h1-10,12-13,20H,11,14H2,(H,21,22). The molecule has 2 N–H and O–H groups in total. The fraction of sp³-hybridized carbons (Fsp3) is 0.105. The number of nitrogens with one attached hydrogen (secondary N) is 2. The molecule has 0 unspecified atom stereocenters. The van der Waals surface area contributed by atoms with Crippen LogP contribution in [-0.2, 0) is 11.3 Å². The van der Waals surface area contributed by atoms with Crippen molar-refractivity contribution in [3.05, 3.63) is 78.0 Å². The van der Waals surface area contributed by atoms with Gasteiger partial charge in [0.2, 0.25) is 0 Å². The van der Waals surface area contributed by atoms with Gasteiger partial charge in [0.25, 0.3) is 0 Å². The molecule has 1 aromatic heterocycles. The van der Waals surface area contributed by atoms with Crippen LogP contribution < -0.4 is 5.32 Å². The molecule has 0 spiro atoms. The van der Waals surface area contributed by atoms with E-state index >= 15 is 0 Å². The zero-order chi connectivity index (χ0) is 15.9. The number of ether oxygens (including phenoxy) is 1. The third-order valence-electron chi connectivity index (χ3n) is 3.47. The predicted molar refractivity (Wildman–Crippen MR) is 92.0 cm³/mol. The van der Waals surface area contributed by atoms with Crippen molar-refractivity contribution in [1.82, 2.24) is 10.3 Å². The van der Waals surface area contributed by atoms with Gasteiger partial charge in [-0.2, -0.15) is 0 Å². The molecule has 4 nitrogen and oxygen atoms in total. The van der Waals surface area contributed by atoms with Crippen molar-refractivity contribution >= 4 is 23.1 Å². The van der Waals surface area contributed by atoms with Gasteiger partial charge in [0.15, 0.2) is 0 Å². The van der Waals surface area contributed by atoms with Gasteiger partial charge in [-0.05, 0) is 28.6 Å². The van der Waals surface area contributed by atoms with Gasteiger partial charge in [-0.1, -0.05) is 54.6 Å². The molecule has 2 aromatic carbocycles. The Morgan fingerprint density at radius 3 is 2.87 bits per heavy atom. The molecule has 1 heterocycles. The summed E-state index contributed by atoms with van der Waals surface area (Å²) >= 11 is 0. The first-order valence-electron chi connectivity index (χ1n) is 7.49. The Hall–Kier alpha value is -3.01. The summed E-state index contributed by atoms with van der Waals surface area (Å²) in [5, 5.41) is 3.88. The highest BCUT2D eigenvalue weighted by molar-refractivity contribution is 5.81. The molecule has 0 saturated heterocycles. The summed E-state index contributed by atoms with van der Waals surface area (Å²) < 4.78 is 5.14. The van der Waals surface area contributed by atoms with Crippen LogP contribution in [0.1, 0.15) is 11.1 Å². The molecule has 116 valence electrons. The van der Waals surface area contributed by atoms with Gasteiger partial charge in [-0.3, -0.25) is 0 Å². The van der Waals surface area contributed by atoms with Crippen molar-refractivity contribution in [2.24, 2.45) is 0 Å². The SMILES string of the molecule is O=C(NCC=Cc1ccc2cc[nH]c2c1)OCc1ccccc1. The van der Waals surface area contributed by atoms with Gasteiger partial charge in [0.05, 0.1) is 0 Å². The van der Waals surface area contributed by atoms with E-state index in [0.717, 1.165) is 16.6 Å². The summed E-state index contributed by atoms with van der Waals surface area (Å²) in [5.74, 6) is 0. The third kappa shape index (κ3) is 4.23. The number of H-pyrrole nitrogens is 1. The highest BCUT2D eigenvalue weighted by Gasteiger charge is 2.00. The lowest BCUT2D eigenvalue weighted by Gasteiger charge is -2.05. The second kappa shape index (κ2) is 7.31. The number of alkyl carbamates (subject to hydrolysis) is 1. The normalized spacial score (nSPS) is 11.0. The van der Waals surface area contributed by atoms with Crippen LogP contribution in [0, 0.1) is 0 Å². The number of aromatic amines is 1.